The molecule has 1 aromatic rings. The Balaban J connectivity index is 2.70. The van der Waals surface area contributed by atoms with Gasteiger partial charge in [0.05, 0.1) is 6.42 Å². The first-order valence-electron chi connectivity index (χ1n) is 4.80. The standard InChI is InChI=1S/C12H10N4O/c13-6-10(7-14)8-16-11-3-1-9(2-4-11)5-12(15)17/h1-4,8,16H,5H2,(H2,15,17). The minimum Gasteiger partial charge on any atom is -0.369 e. The van der Waals surface area contributed by atoms with Crippen molar-refractivity contribution < 1.29 is 4.79 Å². The van der Waals surface area contributed by atoms with E-state index in [1.165, 1.54) is 6.20 Å². The Morgan fingerprint density at radius 2 is 1.88 bits per heavy atom. The molecule has 0 unspecified atom stereocenters. The second-order valence-electron chi connectivity index (χ2n) is 3.27. The lowest BCUT2D eigenvalue weighted by Crippen LogP contribution is -2.13. The summed E-state index contributed by atoms with van der Waals surface area (Å²) in [6, 6.07) is 10.4. The fraction of sp³-hybridized carbons (Fsp3) is 0.0833. The molecule has 0 atom stereocenters. The summed E-state index contributed by atoms with van der Waals surface area (Å²) in [6.07, 6.45) is 1.51. The number of anilines is 1. The van der Waals surface area contributed by atoms with Gasteiger partial charge in [0.15, 0.2) is 0 Å². The van der Waals surface area contributed by atoms with E-state index in [9.17, 15) is 4.79 Å². The molecule has 0 radical (unpaired) electrons. The molecule has 1 rings (SSSR count). The predicted octanol–water partition coefficient (Wildman–Crippen LogP) is 1.06. The van der Waals surface area contributed by atoms with Gasteiger partial charge in [-0.25, -0.2) is 0 Å². The van der Waals surface area contributed by atoms with Crippen LogP contribution in [0.3, 0.4) is 0 Å². The van der Waals surface area contributed by atoms with Crippen molar-refractivity contribution in [1.29, 1.82) is 10.5 Å². The number of rotatable bonds is 4. The number of amides is 1. The van der Waals surface area contributed by atoms with Gasteiger partial charge in [-0.3, -0.25) is 4.79 Å². The second kappa shape index (κ2) is 5.94. The maximum atomic E-state index is 10.7. The third kappa shape index (κ3) is 4.06. The number of carbonyl (C=O) groups is 1. The van der Waals surface area contributed by atoms with Crippen molar-refractivity contribution in [3.05, 3.63) is 41.6 Å². The van der Waals surface area contributed by atoms with Gasteiger partial charge >= 0.3 is 0 Å². The zero-order valence-corrected chi connectivity index (χ0v) is 8.97. The monoisotopic (exact) mass is 226 g/mol. The van der Waals surface area contributed by atoms with Crippen molar-refractivity contribution in [2.45, 2.75) is 6.42 Å². The molecule has 0 aliphatic carbocycles. The van der Waals surface area contributed by atoms with Gasteiger partial charge in [-0.1, -0.05) is 12.1 Å². The van der Waals surface area contributed by atoms with Gasteiger partial charge in [-0.05, 0) is 17.7 Å². The highest BCUT2D eigenvalue weighted by Crippen LogP contribution is 2.10. The first-order valence-corrected chi connectivity index (χ1v) is 4.80. The third-order valence-corrected chi connectivity index (χ3v) is 1.96. The number of primary amides is 1. The summed E-state index contributed by atoms with van der Waals surface area (Å²) in [7, 11) is 0. The summed E-state index contributed by atoms with van der Waals surface area (Å²) < 4.78 is 0. The summed E-state index contributed by atoms with van der Waals surface area (Å²) >= 11 is 0. The molecule has 0 saturated heterocycles. The molecule has 1 amide bonds. The van der Waals surface area contributed by atoms with E-state index in [0.717, 1.165) is 11.3 Å². The maximum absolute atomic E-state index is 10.7. The van der Waals surface area contributed by atoms with Crippen molar-refractivity contribution in [2.75, 3.05) is 5.32 Å². The van der Waals surface area contributed by atoms with Crippen LogP contribution >= 0.6 is 0 Å². The largest absolute Gasteiger partial charge is 0.369 e. The lowest BCUT2D eigenvalue weighted by Gasteiger charge is -2.02. The molecule has 0 fully saturated rings. The van der Waals surface area contributed by atoms with E-state index in [4.69, 9.17) is 16.3 Å². The molecular formula is C12H10N4O. The number of nitrogens with two attached hydrogens (primary N) is 1. The van der Waals surface area contributed by atoms with Crippen LogP contribution in [0.25, 0.3) is 0 Å². The maximum Gasteiger partial charge on any atom is 0.221 e. The molecule has 0 heterocycles. The molecular weight excluding hydrogens is 216 g/mol. The van der Waals surface area contributed by atoms with Gasteiger partial charge in [0.2, 0.25) is 5.91 Å². The number of benzene rings is 1. The van der Waals surface area contributed by atoms with Gasteiger partial charge in [-0.2, -0.15) is 10.5 Å². The molecule has 0 saturated carbocycles. The zero-order chi connectivity index (χ0) is 12.7. The van der Waals surface area contributed by atoms with Gasteiger partial charge in [-0.15, -0.1) is 0 Å². The van der Waals surface area contributed by atoms with Gasteiger partial charge in [0.25, 0.3) is 0 Å². The molecule has 0 aromatic heterocycles. The number of hydrogen-bond acceptors (Lipinski definition) is 4. The van der Waals surface area contributed by atoms with Crippen molar-refractivity contribution in [2.24, 2.45) is 5.73 Å². The highest BCUT2D eigenvalue weighted by molar-refractivity contribution is 5.76. The predicted molar refractivity (Wildman–Crippen MR) is 62.3 cm³/mol. The smallest absolute Gasteiger partial charge is 0.221 e. The molecule has 0 aliphatic rings. The fourth-order valence-electron chi connectivity index (χ4n) is 1.17. The quantitative estimate of drug-likeness (QED) is 0.749. The Morgan fingerprint density at radius 1 is 1.29 bits per heavy atom. The fourth-order valence-corrected chi connectivity index (χ4v) is 1.17. The summed E-state index contributed by atoms with van der Waals surface area (Å²) in [5.41, 5.74) is 6.59. The number of allylic oxidation sites excluding steroid dienone is 1. The molecule has 0 aliphatic heterocycles. The minimum atomic E-state index is -0.387. The molecule has 0 spiro atoms. The lowest BCUT2D eigenvalue weighted by molar-refractivity contribution is -0.117. The Bertz CT molecular complexity index is 501. The van der Waals surface area contributed by atoms with E-state index in [2.05, 4.69) is 5.32 Å². The number of carbonyl (C=O) groups excluding carboxylic acids is 1. The lowest BCUT2D eigenvalue weighted by atomic mass is 10.1. The Morgan fingerprint density at radius 3 is 2.35 bits per heavy atom. The van der Waals surface area contributed by atoms with Gasteiger partial charge in [0.1, 0.15) is 17.7 Å². The summed E-state index contributed by atoms with van der Waals surface area (Å²) in [6.45, 7) is 0. The molecule has 1 aromatic carbocycles. The van der Waals surface area contributed by atoms with E-state index in [1.807, 2.05) is 0 Å². The van der Waals surface area contributed by atoms with Crippen molar-refractivity contribution in [1.82, 2.24) is 0 Å². The zero-order valence-electron chi connectivity index (χ0n) is 8.97. The van der Waals surface area contributed by atoms with Crippen LogP contribution in [0.5, 0.6) is 0 Å². The van der Waals surface area contributed by atoms with E-state index in [0.29, 0.717) is 0 Å². The Hall–Kier alpha value is -2.79. The number of hydrogen-bond donors (Lipinski definition) is 2. The number of nitrogens with zero attached hydrogens (tertiary/aromatic N) is 2. The first kappa shape index (κ1) is 12.3. The highest BCUT2D eigenvalue weighted by Gasteiger charge is 1.98. The average Bonchev–Trinajstić information content (AvgIpc) is 2.32. The van der Waals surface area contributed by atoms with Crippen LogP contribution in [0.15, 0.2) is 36.0 Å². The normalized spacial score (nSPS) is 8.59. The third-order valence-electron chi connectivity index (χ3n) is 1.96. The summed E-state index contributed by atoms with van der Waals surface area (Å²) in [4.78, 5) is 10.7. The molecule has 5 nitrogen and oxygen atoms in total. The Labute approximate surface area is 98.8 Å². The van der Waals surface area contributed by atoms with Gasteiger partial charge < -0.3 is 11.1 Å². The van der Waals surface area contributed by atoms with Crippen LogP contribution in [-0.2, 0) is 11.2 Å². The molecule has 17 heavy (non-hydrogen) atoms. The van der Waals surface area contributed by atoms with Crippen LogP contribution in [0.2, 0.25) is 0 Å². The molecule has 3 N–H and O–H groups in total. The van der Waals surface area contributed by atoms with E-state index in [1.54, 1.807) is 36.4 Å². The number of nitriles is 2. The van der Waals surface area contributed by atoms with E-state index < -0.39 is 0 Å². The first-order chi connectivity index (χ1) is 8.15. The molecule has 84 valence electrons. The second-order valence-corrected chi connectivity index (χ2v) is 3.27. The van der Waals surface area contributed by atoms with Crippen molar-refractivity contribution in [3.63, 3.8) is 0 Å². The van der Waals surface area contributed by atoms with Gasteiger partial charge in [0, 0.05) is 11.9 Å². The van der Waals surface area contributed by atoms with Crippen LogP contribution in [0.4, 0.5) is 5.69 Å². The topological polar surface area (TPSA) is 103 Å². The summed E-state index contributed by atoms with van der Waals surface area (Å²) in [5, 5.41) is 19.8. The van der Waals surface area contributed by atoms with Crippen LogP contribution < -0.4 is 11.1 Å². The summed E-state index contributed by atoms with van der Waals surface area (Å²) in [5.74, 6) is -0.387. The number of nitrogens with one attached hydrogen (secondary N) is 1. The van der Waals surface area contributed by atoms with Crippen LogP contribution in [0.1, 0.15) is 5.56 Å². The average molecular weight is 226 g/mol. The molecule has 5 heteroatoms. The van der Waals surface area contributed by atoms with Crippen molar-refractivity contribution in [3.8, 4) is 12.1 Å². The van der Waals surface area contributed by atoms with Crippen LogP contribution in [0, 0.1) is 22.7 Å². The minimum absolute atomic E-state index is 0.00814. The highest BCUT2D eigenvalue weighted by atomic mass is 16.1. The van der Waals surface area contributed by atoms with E-state index in [-0.39, 0.29) is 17.9 Å². The molecule has 0 bridgehead atoms. The Kier molecular flexibility index (Phi) is 4.29. The SMILES string of the molecule is N#CC(C#N)=CNc1ccc(CC(N)=O)cc1. The van der Waals surface area contributed by atoms with Crippen LogP contribution in [-0.4, -0.2) is 5.91 Å². The van der Waals surface area contributed by atoms with E-state index >= 15 is 0 Å². The van der Waals surface area contributed by atoms with Crippen molar-refractivity contribution >= 4 is 11.6 Å².